The summed E-state index contributed by atoms with van der Waals surface area (Å²) in [5, 5.41) is 15.8. The number of hydrogen-bond donors (Lipinski definition) is 2. The van der Waals surface area contributed by atoms with Gasteiger partial charge in [-0.2, -0.15) is 0 Å². The van der Waals surface area contributed by atoms with Crippen molar-refractivity contribution < 1.29 is 24.0 Å². The molecular formula is C16H24N2O5. The van der Waals surface area contributed by atoms with E-state index in [1.165, 1.54) is 0 Å². The number of carboxylic acid groups (broad SMARTS) is 1. The van der Waals surface area contributed by atoms with Gasteiger partial charge in [0, 0.05) is 31.2 Å². The van der Waals surface area contributed by atoms with Gasteiger partial charge in [-0.25, -0.2) is 0 Å². The van der Waals surface area contributed by atoms with Crippen LogP contribution in [-0.2, 0) is 14.9 Å². The highest BCUT2D eigenvalue weighted by Crippen LogP contribution is 2.24. The number of carboxylic acids is 1. The van der Waals surface area contributed by atoms with Crippen LogP contribution in [0.2, 0.25) is 0 Å². The number of nitrogens with zero attached hydrogens (tertiary/aromatic N) is 1. The first-order valence-corrected chi connectivity index (χ1v) is 7.85. The van der Waals surface area contributed by atoms with Gasteiger partial charge in [0.05, 0.1) is 5.92 Å². The number of amides is 1. The van der Waals surface area contributed by atoms with E-state index in [0.717, 1.165) is 0 Å². The van der Waals surface area contributed by atoms with E-state index in [-0.39, 0.29) is 23.6 Å². The van der Waals surface area contributed by atoms with Gasteiger partial charge >= 0.3 is 5.97 Å². The lowest BCUT2D eigenvalue weighted by Gasteiger charge is -2.27. The molecule has 128 valence electrons. The van der Waals surface area contributed by atoms with E-state index >= 15 is 0 Å². The third-order valence-corrected chi connectivity index (χ3v) is 4.12. The molecule has 2 N–H and O–H groups in total. The highest BCUT2D eigenvalue weighted by molar-refractivity contribution is 5.92. The van der Waals surface area contributed by atoms with Crippen molar-refractivity contribution in [3.05, 3.63) is 17.5 Å². The molecule has 1 aliphatic rings. The van der Waals surface area contributed by atoms with Gasteiger partial charge in [0.15, 0.2) is 5.69 Å². The Morgan fingerprint density at radius 2 is 2.04 bits per heavy atom. The second-order valence-electron chi connectivity index (χ2n) is 6.93. The average molecular weight is 324 g/mol. The van der Waals surface area contributed by atoms with E-state index in [9.17, 15) is 14.7 Å². The minimum atomic E-state index is -0.896. The maximum absolute atomic E-state index is 12.1. The summed E-state index contributed by atoms with van der Waals surface area (Å²) in [6.07, 6.45) is 1.40. The molecular weight excluding hydrogens is 300 g/mol. The van der Waals surface area contributed by atoms with Crippen molar-refractivity contribution in [3.8, 4) is 0 Å². The van der Waals surface area contributed by atoms with Gasteiger partial charge in [-0.1, -0.05) is 25.9 Å². The highest BCUT2D eigenvalue weighted by Gasteiger charge is 2.30. The zero-order valence-electron chi connectivity index (χ0n) is 13.8. The topological polar surface area (TPSA) is 102 Å². The van der Waals surface area contributed by atoms with Crippen molar-refractivity contribution in [2.45, 2.75) is 39.0 Å². The molecule has 7 nitrogen and oxygen atoms in total. The quantitative estimate of drug-likeness (QED) is 0.857. The normalized spacial score (nSPS) is 17.7. The zero-order chi connectivity index (χ0) is 17.0. The molecule has 1 atom stereocenters. The molecule has 2 rings (SSSR count). The van der Waals surface area contributed by atoms with Crippen LogP contribution in [0, 0.1) is 11.8 Å². The van der Waals surface area contributed by atoms with Gasteiger partial charge in [-0.05, 0) is 18.8 Å². The molecule has 0 saturated carbocycles. The van der Waals surface area contributed by atoms with Crippen molar-refractivity contribution in [1.82, 2.24) is 10.5 Å². The summed E-state index contributed by atoms with van der Waals surface area (Å²) in [6, 6.07) is 1.60. The van der Waals surface area contributed by atoms with E-state index in [2.05, 4.69) is 10.5 Å². The monoisotopic (exact) mass is 324 g/mol. The van der Waals surface area contributed by atoms with Gasteiger partial charge in [0.2, 0.25) is 0 Å². The van der Waals surface area contributed by atoms with E-state index in [4.69, 9.17) is 9.26 Å². The summed E-state index contributed by atoms with van der Waals surface area (Å²) >= 11 is 0. The van der Waals surface area contributed by atoms with Gasteiger partial charge in [0.1, 0.15) is 5.76 Å². The molecule has 0 radical (unpaired) electrons. The van der Waals surface area contributed by atoms with Crippen LogP contribution in [0.5, 0.6) is 0 Å². The molecule has 1 amide bonds. The van der Waals surface area contributed by atoms with Gasteiger partial charge in [-0.15, -0.1) is 0 Å². The summed E-state index contributed by atoms with van der Waals surface area (Å²) in [5.41, 5.74) is -0.0666. The summed E-state index contributed by atoms with van der Waals surface area (Å²) in [5.74, 6) is -1.29. The lowest BCUT2D eigenvalue weighted by Crippen LogP contribution is -2.39. The van der Waals surface area contributed by atoms with Crippen molar-refractivity contribution in [2.24, 2.45) is 11.8 Å². The predicted molar refractivity (Wildman–Crippen MR) is 82.2 cm³/mol. The smallest absolute Gasteiger partial charge is 0.308 e. The van der Waals surface area contributed by atoms with Crippen LogP contribution in [0.3, 0.4) is 0 Å². The second-order valence-corrected chi connectivity index (χ2v) is 6.93. The fourth-order valence-corrected chi connectivity index (χ4v) is 2.60. The lowest BCUT2D eigenvalue weighted by atomic mass is 9.86. The summed E-state index contributed by atoms with van der Waals surface area (Å²) < 4.78 is 10.4. The number of carbonyl (C=O) groups excluding carboxylic acids is 1. The molecule has 1 aromatic rings. The molecule has 1 aromatic heterocycles. The predicted octanol–water partition coefficient (Wildman–Crippen LogP) is 1.83. The van der Waals surface area contributed by atoms with Gasteiger partial charge < -0.3 is 19.7 Å². The molecule has 0 aliphatic carbocycles. The fourth-order valence-electron chi connectivity index (χ4n) is 2.60. The molecule has 2 heterocycles. The Kier molecular flexibility index (Phi) is 5.41. The van der Waals surface area contributed by atoms with Crippen LogP contribution in [0.4, 0.5) is 0 Å². The number of aromatic nitrogens is 1. The zero-order valence-corrected chi connectivity index (χ0v) is 13.8. The van der Waals surface area contributed by atoms with Gasteiger partial charge in [-0.3, -0.25) is 9.59 Å². The Morgan fingerprint density at radius 3 is 2.57 bits per heavy atom. The molecule has 1 saturated heterocycles. The molecule has 0 spiro atoms. The Balaban J connectivity index is 1.96. The second kappa shape index (κ2) is 7.12. The number of hydrogen-bond acceptors (Lipinski definition) is 5. The van der Waals surface area contributed by atoms with E-state index in [1.54, 1.807) is 6.07 Å². The summed E-state index contributed by atoms with van der Waals surface area (Å²) in [6.45, 7) is 7.10. The van der Waals surface area contributed by atoms with Crippen molar-refractivity contribution in [2.75, 3.05) is 19.8 Å². The van der Waals surface area contributed by atoms with Gasteiger partial charge in [0.25, 0.3) is 5.91 Å². The maximum Gasteiger partial charge on any atom is 0.308 e. The molecule has 0 bridgehead atoms. The molecule has 1 aliphatic heterocycles. The average Bonchev–Trinajstić information content (AvgIpc) is 2.98. The Bertz CT molecular complexity index is 555. The third-order valence-electron chi connectivity index (χ3n) is 4.12. The Hall–Kier alpha value is -1.89. The van der Waals surface area contributed by atoms with Crippen LogP contribution in [0.25, 0.3) is 0 Å². The van der Waals surface area contributed by atoms with Crippen LogP contribution in [0.15, 0.2) is 10.6 Å². The minimum absolute atomic E-state index is 0.0176. The molecule has 7 heteroatoms. The first-order valence-electron chi connectivity index (χ1n) is 7.85. The number of nitrogens with one attached hydrogen (secondary N) is 1. The lowest BCUT2D eigenvalue weighted by molar-refractivity contribution is -0.144. The largest absolute Gasteiger partial charge is 0.481 e. The van der Waals surface area contributed by atoms with Crippen LogP contribution >= 0.6 is 0 Å². The number of carbonyl (C=O) groups is 2. The van der Waals surface area contributed by atoms with Crippen LogP contribution in [0.1, 0.15) is 49.9 Å². The number of aliphatic carboxylic acids is 1. The van der Waals surface area contributed by atoms with Crippen molar-refractivity contribution in [3.63, 3.8) is 0 Å². The summed E-state index contributed by atoms with van der Waals surface area (Å²) in [4.78, 5) is 23.6. The maximum atomic E-state index is 12.1. The first kappa shape index (κ1) is 17.5. The standard InChI is InChI=1S/C16H24N2O5/c1-16(2,3)13-8-12(18-23-13)14(19)17-9-11(15(20)21)10-4-6-22-7-5-10/h8,10-11H,4-7,9H2,1-3H3,(H,17,19)(H,20,21). The number of rotatable bonds is 5. The number of ether oxygens (including phenoxy) is 1. The SMILES string of the molecule is CC(C)(C)c1cc(C(=O)NCC(C(=O)O)C2CCOCC2)no1. The Labute approximate surface area is 135 Å². The first-order chi connectivity index (χ1) is 10.8. The van der Waals surface area contributed by atoms with Crippen LogP contribution in [-0.4, -0.2) is 41.9 Å². The Morgan fingerprint density at radius 1 is 1.39 bits per heavy atom. The third kappa shape index (κ3) is 4.54. The molecule has 1 fully saturated rings. The van der Waals surface area contributed by atoms with E-state index < -0.39 is 17.8 Å². The highest BCUT2D eigenvalue weighted by atomic mass is 16.5. The molecule has 1 unspecified atom stereocenters. The van der Waals surface area contributed by atoms with Crippen molar-refractivity contribution >= 4 is 11.9 Å². The summed E-state index contributed by atoms with van der Waals surface area (Å²) in [7, 11) is 0. The van der Waals surface area contributed by atoms with Crippen LogP contribution < -0.4 is 5.32 Å². The minimum Gasteiger partial charge on any atom is -0.481 e. The molecule has 0 aromatic carbocycles. The van der Waals surface area contributed by atoms with E-state index in [1.807, 2.05) is 20.8 Å². The fraction of sp³-hybridized carbons (Fsp3) is 0.688. The molecule has 23 heavy (non-hydrogen) atoms. The van der Waals surface area contributed by atoms with Crippen molar-refractivity contribution in [1.29, 1.82) is 0 Å². The van der Waals surface area contributed by atoms with E-state index in [0.29, 0.717) is 31.8 Å².